The molecule has 0 saturated heterocycles. The third kappa shape index (κ3) is 2.92. The number of hydrogen-bond donors (Lipinski definition) is 2. The number of halogens is 1. The quantitative estimate of drug-likeness (QED) is 0.792. The van der Waals surface area contributed by atoms with E-state index < -0.39 is 18.2 Å². The summed E-state index contributed by atoms with van der Waals surface area (Å²) in [5.74, 6) is -0.852. The normalized spacial score (nSPS) is 14.7. The summed E-state index contributed by atoms with van der Waals surface area (Å²) in [4.78, 5) is 11.5. The number of rotatable bonds is 4. The Morgan fingerprint density at radius 3 is 2.80 bits per heavy atom. The van der Waals surface area contributed by atoms with Crippen molar-refractivity contribution >= 4 is 28.9 Å². The van der Waals surface area contributed by atoms with E-state index in [4.69, 9.17) is 11.6 Å². The van der Waals surface area contributed by atoms with Gasteiger partial charge in [0.1, 0.15) is 6.10 Å². The Bertz CT molecular complexity index is 339. The van der Waals surface area contributed by atoms with E-state index in [-0.39, 0.29) is 6.61 Å². The fraction of sp³-hybridized carbons (Fsp3) is 0.444. The van der Waals surface area contributed by atoms with Gasteiger partial charge < -0.3 is 14.9 Å². The number of thiophene rings is 1. The van der Waals surface area contributed by atoms with Gasteiger partial charge in [-0.05, 0) is 18.4 Å². The van der Waals surface area contributed by atoms with Gasteiger partial charge in [0.15, 0.2) is 6.10 Å². The molecule has 84 valence electrons. The van der Waals surface area contributed by atoms with Gasteiger partial charge in [0.05, 0.1) is 16.5 Å². The van der Waals surface area contributed by atoms with Crippen molar-refractivity contribution in [1.82, 2.24) is 0 Å². The molecule has 0 fully saturated rings. The lowest BCUT2D eigenvalue weighted by atomic mass is 10.2. The largest absolute Gasteiger partial charge is 0.464 e. The highest BCUT2D eigenvalue weighted by Crippen LogP contribution is 2.30. The summed E-state index contributed by atoms with van der Waals surface area (Å²) in [6, 6.07) is 1.59. The van der Waals surface area contributed by atoms with E-state index in [0.717, 1.165) is 0 Å². The average Bonchev–Trinajstić information content (AvgIpc) is 2.62. The molecule has 0 saturated carbocycles. The Morgan fingerprint density at radius 1 is 1.67 bits per heavy atom. The van der Waals surface area contributed by atoms with Crippen LogP contribution in [0.5, 0.6) is 0 Å². The van der Waals surface area contributed by atoms with Gasteiger partial charge >= 0.3 is 5.97 Å². The minimum absolute atomic E-state index is 0.154. The van der Waals surface area contributed by atoms with Gasteiger partial charge in [0, 0.05) is 0 Å². The number of aliphatic hydroxyl groups is 2. The lowest BCUT2D eigenvalue weighted by Crippen LogP contribution is -2.29. The molecule has 2 atom stereocenters. The molecule has 0 spiro atoms. The zero-order valence-electron chi connectivity index (χ0n) is 8.01. The van der Waals surface area contributed by atoms with Crippen LogP contribution in [0, 0.1) is 0 Å². The molecule has 6 heteroatoms. The van der Waals surface area contributed by atoms with Gasteiger partial charge in [-0.3, -0.25) is 0 Å². The molecule has 1 aromatic heterocycles. The summed E-state index contributed by atoms with van der Waals surface area (Å²) in [5.41, 5.74) is 0. The number of esters is 1. The van der Waals surface area contributed by atoms with Crippen LogP contribution in [0.4, 0.5) is 0 Å². The van der Waals surface area contributed by atoms with Crippen LogP contribution in [-0.4, -0.2) is 28.9 Å². The van der Waals surface area contributed by atoms with Crippen LogP contribution < -0.4 is 0 Å². The first kappa shape index (κ1) is 12.4. The predicted octanol–water partition coefficient (Wildman–Crippen LogP) is 1.36. The fourth-order valence-electron chi connectivity index (χ4n) is 1.02. The Balaban J connectivity index is 2.72. The highest BCUT2D eigenvalue weighted by Gasteiger charge is 2.29. The standard InChI is InChI=1S/C9H11ClO4S/c1-2-14-9(13)7(12)6(11)8-5(10)3-4-15-8/h3-4,6-7,11-12H,2H2,1H3. The molecular formula is C9H11ClO4S. The first-order valence-electron chi connectivity index (χ1n) is 4.33. The number of carbonyl (C=O) groups excluding carboxylic acids is 1. The van der Waals surface area contributed by atoms with E-state index in [0.29, 0.717) is 9.90 Å². The van der Waals surface area contributed by atoms with Crippen molar-refractivity contribution in [1.29, 1.82) is 0 Å². The van der Waals surface area contributed by atoms with Crippen molar-refractivity contribution < 1.29 is 19.7 Å². The van der Waals surface area contributed by atoms with Gasteiger partial charge in [0.25, 0.3) is 0 Å². The van der Waals surface area contributed by atoms with Crippen molar-refractivity contribution in [2.45, 2.75) is 19.1 Å². The molecule has 1 rings (SSSR count). The smallest absolute Gasteiger partial charge is 0.338 e. The molecule has 1 aromatic rings. The summed E-state index contributed by atoms with van der Waals surface area (Å²) in [7, 11) is 0. The molecular weight excluding hydrogens is 240 g/mol. The van der Waals surface area contributed by atoms with Crippen LogP contribution in [-0.2, 0) is 9.53 Å². The molecule has 2 unspecified atom stereocenters. The van der Waals surface area contributed by atoms with Gasteiger partial charge in [-0.15, -0.1) is 11.3 Å². The summed E-state index contributed by atoms with van der Waals surface area (Å²) in [6.45, 7) is 1.77. The molecule has 2 N–H and O–H groups in total. The Morgan fingerprint density at radius 2 is 2.33 bits per heavy atom. The van der Waals surface area contributed by atoms with Crippen molar-refractivity contribution in [2.75, 3.05) is 6.61 Å². The second kappa shape index (κ2) is 5.46. The molecule has 0 radical (unpaired) electrons. The minimum Gasteiger partial charge on any atom is -0.464 e. The molecule has 0 aliphatic carbocycles. The van der Waals surface area contributed by atoms with Crippen molar-refractivity contribution in [3.05, 3.63) is 21.3 Å². The maximum absolute atomic E-state index is 11.1. The topological polar surface area (TPSA) is 66.8 Å². The monoisotopic (exact) mass is 250 g/mol. The van der Waals surface area contributed by atoms with E-state index in [9.17, 15) is 15.0 Å². The maximum atomic E-state index is 11.1. The first-order chi connectivity index (χ1) is 7.07. The van der Waals surface area contributed by atoms with Crippen molar-refractivity contribution in [3.8, 4) is 0 Å². The highest BCUT2D eigenvalue weighted by molar-refractivity contribution is 7.10. The third-order valence-corrected chi connectivity index (χ3v) is 3.17. The van der Waals surface area contributed by atoms with Crippen molar-refractivity contribution in [3.63, 3.8) is 0 Å². The number of hydrogen-bond acceptors (Lipinski definition) is 5. The lowest BCUT2D eigenvalue weighted by molar-refractivity contribution is -0.159. The Labute approximate surface area is 96.1 Å². The molecule has 0 aromatic carbocycles. The minimum atomic E-state index is -1.60. The van der Waals surface area contributed by atoms with Crippen LogP contribution in [0.3, 0.4) is 0 Å². The predicted molar refractivity (Wildman–Crippen MR) is 56.9 cm³/mol. The number of ether oxygens (including phenoxy) is 1. The van der Waals surface area contributed by atoms with E-state index in [1.54, 1.807) is 18.4 Å². The summed E-state index contributed by atoms with van der Waals surface area (Å²) < 4.78 is 4.58. The Hall–Kier alpha value is -0.620. The zero-order valence-corrected chi connectivity index (χ0v) is 9.59. The van der Waals surface area contributed by atoms with E-state index in [1.807, 2.05) is 0 Å². The zero-order chi connectivity index (χ0) is 11.4. The molecule has 1 heterocycles. The lowest BCUT2D eigenvalue weighted by Gasteiger charge is -2.15. The van der Waals surface area contributed by atoms with Crippen LogP contribution in [0.25, 0.3) is 0 Å². The maximum Gasteiger partial charge on any atom is 0.338 e. The van der Waals surface area contributed by atoms with E-state index >= 15 is 0 Å². The molecule has 0 aliphatic heterocycles. The Kier molecular flexibility index (Phi) is 4.53. The highest BCUT2D eigenvalue weighted by atomic mass is 35.5. The second-order valence-electron chi connectivity index (χ2n) is 2.77. The molecule has 0 bridgehead atoms. The van der Waals surface area contributed by atoms with Gasteiger partial charge in [-0.1, -0.05) is 11.6 Å². The summed E-state index contributed by atoms with van der Waals surface area (Å²) >= 11 is 6.92. The number of carbonyl (C=O) groups is 1. The third-order valence-electron chi connectivity index (χ3n) is 1.74. The van der Waals surface area contributed by atoms with Crippen LogP contribution in [0.15, 0.2) is 11.4 Å². The SMILES string of the molecule is CCOC(=O)C(O)C(O)c1sccc1Cl. The van der Waals surface area contributed by atoms with E-state index in [1.165, 1.54) is 11.3 Å². The van der Waals surface area contributed by atoms with E-state index in [2.05, 4.69) is 4.74 Å². The second-order valence-corrected chi connectivity index (χ2v) is 4.13. The van der Waals surface area contributed by atoms with Crippen LogP contribution in [0.1, 0.15) is 17.9 Å². The van der Waals surface area contributed by atoms with Crippen molar-refractivity contribution in [2.24, 2.45) is 0 Å². The first-order valence-corrected chi connectivity index (χ1v) is 5.59. The van der Waals surface area contributed by atoms with Crippen LogP contribution >= 0.6 is 22.9 Å². The fourth-order valence-corrected chi connectivity index (χ4v) is 2.20. The summed E-state index contributed by atoms with van der Waals surface area (Å²) in [6.07, 6.45) is -2.93. The molecule has 0 amide bonds. The van der Waals surface area contributed by atoms with Gasteiger partial charge in [0.2, 0.25) is 0 Å². The van der Waals surface area contributed by atoms with Crippen LogP contribution in [0.2, 0.25) is 5.02 Å². The number of aliphatic hydroxyl groups excluding tert-OH is 2. The molecule has 15 heavy (non-hydrogen) atoms. The molecule has 0 aliphatic rings. The summed E-state index contributed by atoms with van der Waals surface area (Å²) in [5, 5.41) is 21.1. The van der Waals surface area contributed by atoms with Gasteiger partial charge in [-0.25, -0.2) is 4.79 Å². The van der Waals surface area contributed by atoms with Gasteiger partial charge in [-0.2, -0.15) is 0 Å². The molecule has 4 nitrogen and oxygen atoms in total. The average molecular weight is 251 g/mol.